The number of hydrogen-bond donors (Lipinski definition) is 8. The van der Waals surface area contributed by atoms with Crippen LogP contribution in [0.25, 0.3) is 43.4 Å². The van der Waals surface area contributed by atoms with Crippen molar-refractivity contribution in [3.63, 3.8) is 0 Å². The Labute approximate surface area is 509 Å². The Balaban J connectivity index is 1.04. The molecule has 0 unspecified atom stereocenters. The van der Waals surface area contributed by atoms with Gasteiger partial charge >= 0.3 is 5.97 Å². The molecule has 8 N–H and O–H groups in total. The summed E-state index contributed by atoms with van der Waals surface area (Å²) in [6.45, 7) is 1.29. The number of ether oxygens (including phenoxy) is 1. The largest absolute Gasteiger partial charge is 0.481 e. The highest BCUT2D eigenvalue weighted by Crippen LogP contribution is 2.41. The lowest BCUT2D eigenvalue weighted by molar-refractivity contribution is -0.144. The van der Waals surface area contributed by atoms with Crippen molar-refractivity contribution in [3.8, 4) is 43.4 Å². The van der Waals surface area contributed by atoms with E-state index in [1.54, 1.807) is 75.8 Å². The zero-order valence-electron chi connectivity index (χ0n) is 45.7. The van der Waals surface area contributed by atoms with Gasteiger partial charge in [0.1, 0.15) is 77.2 Å². The number of amides is 6. The number of unbranched alkanes of at least 4 members (excludes halogenated alkanes) is 1. The van der Waals surface area contributed by atoms with Gasteiger partial charge in [0.15, 0.2) is 5.13 Å². The standard InChI is InChI=1S/C55H55N13O11S6/c1-26-40-47(75)67-55-66-42(36(85-55)21-79-3)46(74)57-20-39(71)64-43(44(72)27-9-5-4-6-10-27)52-62-35(24-82-52)50-60-33(22-81-50)41-30(48-61-34(23-80-48)45(73)59-32(19-38(70)56-2)51(65-40)84-26)15-16-31(58-41)49-63-37(25-83-49)68(17-7-8-18-69)53(76)28-11-13-29(14-12-28)54(77)78/h4-6,9-10,15-16,22-25,28-29,32,43-44,69,72H,7-8,11-14,17-21H2,1-3H3,(H,56,70)(H,57,74)(H,59,73)(H,64,71)(H,77,78)(H,66,67,75)/t28-,29-,32-,43-,44-/m0/s1. The normalized spacial score (nSPS) is 17.9. The third kappa shape index (κ3) is 13.9. The Bertz CT molecular complexity index is 3770. The Morgan fingerprint density at radius 3 is 2.20 bits per heavy atom. The molecule has 8 aromatic rings. The number of rotatable bonds is 14. The highest BCUT2D eigenvalue weighted by Gasteiger charge is 2.35. The van der Waals surface area contributed by atoms with Crippen molar-refractivity contribution in [1.82, 2.24) is 56.2 Å². The third-order valence-corrected chi connectivity index (χ3v) is 19.5. The first-order valence-electron chi connectivity index (χ1n) is 26.7. The van der Waals surface area contributed by atoms with Crippen LogP contribution in [0.2, 0.25) is 0 Å². The van der Waals surface area contributed by atoms with E-state index in [9.17, 15) is 48.9 Å². The second kappa shape index (κ2) is 27.1. The van der Waals surface area contributed by atoms with Crippen LogP contribution in [-0.4, -0.2) is 125 Å². The molecule has 1 fully saturated rings. The van der Waals surface area contributed by atoms with Gasteiger partial charge in [-0.3, -0.25) is 43.8 Å². The van der Waals surface area contributed by atoms with Crippen molar-refractivity contribution in [2.45, 2.75) is 76.7 Å². The number of fused-ring (bicyclic) bond motifs is 14. The first-order chi connectivity index (χ1) is 41.1. The number of carbonyl (C=O) groups excluding carboxylic acids is 6. The van der Waals surface area contributed by atoms with E-state index >= 15 is 0 Å². The lowest BCUT2D eigenvalue weighted by Gasteiger charge is -2.30. The van der Waals surface area contributed by atoms with Crippen LogP contribution < -0.4 is 31.5 Å². The minimum atomic E-state index is -1.29. The molecular weight excluding hydrogens is 1210 g/mol. The summed E-state index contributed by atoms with van der Waals surface area (Å²) in [5.41, 5.74) is 2.44. The minimum absolute atomic E-state index is 0.00656. The van der Waals surface area contributed by atoms with Crippen molar-refractivity contribution in [2.75, 3.05) is 44.1 Å². The summed E-state index contributed by atoms with van der Waals surface area (Å²) in [5.74, 6) is -4.68. The second-order valence-corrected chi connectivity index (χ2v) is 25.5. The van der Waals surface area contributed by atoms with E-state index in [0.29, 0.717) is 108 Å². The molecule has 1 aromatic carbocycles. The van der Waals surface area contributed by atoms with E-state index in [1.165, 1.54) is 48.2 Å². The number of aliphatic hydroxyl groups is 2. The van der Waals surface area contributed by atoms with E-state index in [2.05, 4.69) is 36.6 Å². The van der Waals surface area contributed by atoms with Crippen LogP contribution in [-0.2, 0) is 30.5 Å². The van der Waals surface area contributed by atoms with Crippen molar-refractivity contribution in [2.24, 2.45) is 11.8 Å². The number of aliphatic hydroxyl groups excluding tert-OH is 2. The number of carbonyl (C=O) groups is 7. The van der Waals surface area contributed by atoms with E-state index in [-0.39, 0.29) is 59.3 Å². The fourth-order valence-electron chi connectivity index (χ4n) is 9.56. The van der Waals surface area contributed by atoms with Gasteiger partial charge in [-0.05, 0) is 63.1 Å². The van der Waals surface area contributed by atoms with Gasteiger partial charge in [0.25, 0.3) is 17.7 Å². The minimum Gasteiger partial charge on any atom is -0.481 e. The van der Waals surface area contributed by atoms with Crippen LogP contribution in [0.1, 0.15) is 120 Å². The number of nitrogens with one attached hydrogen (secondary N) is 5. The number of aliphatic carboxylic acids is 1. The van der Waals surface area contributed by atoms with E-state index in [1.807, 2.05) is 0 Å². The van der Waals surface area contributed by atoms with Gasteiger partial charge in [-0.15, -0.1) is 56.7 Å². The van der Waals surface area contributed by atoms with Crippen molar-refractivity contribution in [3.05, 3.63) is 106 Å². The maximum Gasteiger partial charge on any atom is 0.306 e. The van der Waals surface area contributed by atoms with Crippen LogP contribution in [0.5, 0.6) is 0 Å². The number of aryl methyl sites for hydroxylation is 1. The molecule has 1 saturated carbocycles. The van der Waals surface area contributed by atoms with Gasteiger partial charge in [-0.2, -0.15) is 0 Å². The number of aromatic nitrogens is 7. The number of pyridine rings is 1. The maximum absolute atomic E-state index is 14.3. The molecule has 3 atom stereocenters. The zero-order valence-corrected chi connectivity index (χ0v) is 50.5. The van der Waals surface area contributed by atoms with Crippen molar-refractivity contribution in [1.29, 1.82) is 0 Å². The van der Waals surface area contributed by atoms with Crippen LogP contribution in [0.4, 0.5) is 10.9 Å². The third-order valence-electron chi connectivity index (χ3n) is 14.0. The lowest BCUT2D eigenvalue weighted by atomic mass is 9.81. The number of benzene rings is 1. The molecule has 10 rings (SSSR count). The SMILES string of the molecule is CNC(=O)C[C@@H]1NC(=O)c2csc(n2)-c2ccc(-c3nc(N(CCCCO)C(=O)[C@H]4CC[C@H](C(=O)O)CC4)cs3)nc2-c2csc(n2)-c2csc(n2)[C@H]([C@@H](O)c2ccccc2)NC(=O)CNC(=O)c2nc(sc2COC)NC(=O)c2nc1sc2C. The Kier molecular flexibility index (Phi) is 19.3. The summed E-state index contributed by atoms with van der Waals surface area (Å²) in [4.78, 5) is 131. The molecule has 442 valence electrons. The van der Waals surface area contributed by atoms with Crippen molar-refractivity contribution < 1.29 is 53.6 Å². The van der Waals surface area contributed by atoms with Crippen LogP contribution in [0, 0.1) is 18.8 Å². The molecule has 85 heavy (non-hydrogen) atoms. The van der Waals surface area contributed by atoms with Gasteiger partial charge in [0.2, 0.25) is 17.7 Å². The molecule has 10 bridgehead atoms. The van der Waals surface area contributed by atoms with Crippen LogP contribution >= 0.6 is 68.0 Å². The maximum atomic E-state index is 14.3. The smallest absolute Gasteiger partial charge is 0.306 e. The predicted octanol–water partition coefficient (Wildman–Crippen LogP) is 7.43. The Morgan fingerprint density at radius 2 is 1.45 bits per heavy atom. The number of carboxylic acids is 1. The zero-order chi connectivity index (χ0) is 59.9. The fourth-order valence-corrected chi connectivity index (χ4v) is 14.8. The average Bonchev–Trinajstić information content (AvgIpc) is 3.81. The molecular formula is C55H55N13O11S6. The summed E-state index contributed by atoms with van der Waals surface area (Å²) < 4.78 is 5.34. The molecule has 0 spiro atoms. The van der Waals surface area contributed by atoms with E-state index in [4.69, 9.17) is 29.7 Å². The number of carboxylic acid groups (broad SMARTS) is 1. The first kappa shape index (κ1) is 60.4. The first-order valence-corrected chi connectivity index (χ1v) is 31.8. The van der Waals surface area contributed by atoms with Gasteiger partial charge < -0.3 is 41.3 Å². The lowest BCUT2D eigenvalue weighted by Crippen LogP contribution is -2.40. The number of methoxy groups -OCH3 is 1. The monoisotopic (exact) mass is 1270 g/mol. The van der Waals surface area contributed by atoms with Crippen LogP contribution in [0.3, 0.4) is 0 Å². The topological polar surface area (TPSA) is 343 Å². The van der Waals surface area contributed by atoms with Gasteiger partial charge in [0.05, 0.1) is 42.1 Å². The molecule has 1 aliphatic heterocycles. The molecule has 30 heteroatoms. The average molecular weight is 1270 g/mol. The molecule has 8 heterocycles. The highest BCUT2D eigenvalue weighted by atomic mass is 32.1. The summed E-state index contributed by atoms with van der Waals surface area (Å²) in [6.07, 6.45) is 1.06. The molecule has 0 radical (unpaired) electrons. The molecule has 7 aromatic heterocycles. The van der Waals surface area contributed by atoms with E-state index < -0.39 is 72.1 Å². The molecule has 2 aliphatic rings. The van der Waals surface area contributed by atoms with Crippen LogP contribution in [0.15, 0.2) is 64.0 Å². The van der Waals surface area contributed by atoms with Gasteiger partial charge in [-0.1, -0.05) is 41.7 Å². The number of nitrogens with zero attached hydrogens (tertiary/aromatic N) is 8. The summed E-state index contributed by atoms with van der Waals surface area (Å²) in [7, 11) is 2.88. The molecule has 6 amide bonds. The van der Waals surface area contributed by atoms with E-state index in [0.717, 1.165) is 34.0 Å². The van der Waals surface area contributed by atoms with Crippen molar-refractivity contribution >= 4 is 120 Å². The Morgan fingerprint density at radius 1 is 0.729 bits per heavy atom. The fraction of sp³-hybridized carbons (Fsp3) is 0.345. The predicted molar refractivity (Wildman–Crippen MR) is 322 cm³/mol. The van der Waals surface area contributed by atoms with Gasteiger partial charge in [-0.25, -0.2) is 34.9 Å². The number of thiazole rings is 6. The number of hydrogen-bond acceptors (Lipinski definition) is 23. The van der Waals surface area contributed by atoms with Gasteiger partial charge in [0, 0.05) is 65.2 Å². The highest BCUT2D eigenvalue weighted by molar-refractivity contribution is 7.16. The summed E-state index contributed by atoms with van der Waals surface area (Å²) in [6, 6.07) is 10.1. The Hall–Kier alpha value is -7.68. The quantitative estimate of drug-likeness (QED) is 0.0490. The summed E-state index contributed by atoms with van der Waals surface area (Å²) >= 11 is 6.94. The second-order valence-electron chi connectivity index (χ2n) is 19.7. The molecule has 1 aliphatic carbocycles. The summed E-state index contributed by atoms with van der Waals surface area (Å²) in [5, 5.41) is 53.5. The molecule has 24 nitrogen and oxygen atoms in total. The molecule has 0 saturated heterocycles. The number of anilines is 2.